The summed E-state index contributed by atoms with van der Waals surface area (Å²) in [6.07, 6.45) is 0. The van der Waals surface area contributed by atoms with Crippen LogP contribution in [0.2, 0.25) is 5.02 Å². The molecule has 2 aromatic carbocycles. The maximum atomic E-state index is 12.6. The Morgan fingerprint density at radius 1 is 1.28 bits per heavy atom. The second-order valence-electron chi connectivity index (χ2n) is 7.40. The first-order chi connectivity index (χ1) is 15.3. The van der Waals surface area contributed by atoms with Crippen molar-refractivity contribution in [2.75, 3.05) is 22.6 Å². The zero-order valence-electron chi connectivity index (χ0n) is 17.8. The first-order valence-corrected chi connectivity index (χ1v) is 11.3. The topological polar surface area (TPSA) is 89.3 Å². The summed E-state index contributed by atoms with van der Waals surface area (Å²) in [5.74, 6) is 1.13. The van der Waals surface area contributed by atoms with Gasteiger partial charge in [0, 0.05) is 17.8 Å². The highest BCUT2D eigenvalue weighted by molar-refractivity contribution is 7.99. The number of benzene rings is 2. The number of ether oxygens (including phenoxy) is 1. The van der Waals surface area contributed by atoms with Crippen molar-refractivity contribution < 1.29 is 14.3 Å². The molecular weight excluding hydrogens is 450 g/mol. The maximum absolute atomic E-state index is 12.6. The van der Waals surface area contributed by atoms with Gasteiger partial charge in [-0.15, -0.1) is 10.2 Å². The summed E-state index contributed by atoms with van der Waals surface area (Å²) >= 11 is 7.31. The van der Waals surface area contributed by atoms with Crippen LogP contribution in [0.3, 0.4) is 0 Å². The van der Waals surface area contributed by atoms with Crippen molar-refractivity contribution in [1.29, 1.82) is 0 Å². The number of nitrogens with zero attached hydrogens (tertiary/aromatic N) is 4. The Morgan fingerprint density at radius 3 is 2.84 bits per heavy atom. The highest BCUT2D eigenvalue weighted by Crippen LogP contribution is 2.37. The van der Waals surface area contributed by atoms with Crippen LogP contribution >= 0.6 is 23.4 Å². The van der Waals surface area contributed by atoms with E-state index >= 15 is 0 Å². The van der Waals surface area contributed by atoms with Crippen molar-refractivity contribution in [3.8, 4) is 5.75 Å². The number of hydrogen-bond donors (Lipinski definition) is 1. The van der Waals surface area contributed by atoms with Gasteiger partial charge in [-0.3, -0.25) is 14.5 Å². The van der Waals surface area contributed by atoms with Crippen molar-refractivity contribution >= 4 is 46.6 Å². The van der Waals surface area contributed by atoms with Gasteiger partial charge in [0.25, 0.3) is 5.91 Å². The normalized spacial score (nSPS) is 14.0. The molecule has 0 saturated carbocycles. The van der Waals surface area contributed by atoms with E-state index in [1.807, 2.05) is 51.2 Å². The minimum atomic E-state index is -0.356. The van der Waals surface area contributed by atoms with Gasteiger partial charge in [0.05, 0.1) is 17.5 Å². The number of thioether (sulfide) groups is 1. The summed E-state index contributed by atoms with van der Waals surface area (Å²) < 4.78 is 7.33. The molecule has 3 aromatic rings. The lowest BCUT2D eigenvalue weighted by molar-refractivity contribution is -0.121. The van der Waals surface area contributed by atoms with Crippen molar-refractivity contribution in [3.05, 3.63) is 58.9 Å². The van der Waals surface area contributed by atoms with E-state index in [-0.39, 0.29) is 30.2 Å². The van der Waals surface area contributed by atoms with E-state index in [0.29, 0.717) is 33.1 Å². The Hall–Kier alpha value is -3.04. The average Bonchev–Trinajstić information content (AvgIpc) is 3.14. The summed E-state index contributed by atoms with van der Waals surface area (Å²) in [6, 6.07) is 12.4. The maximum Gasteiger partial charge on any atom is 0.265 e. The number of carbonyl (C=O) groups is 2. The number of anilines is 2. The van der Waals surface area contributed by atoms with E-state index in [1.54, 1.807) is 21.6 Å². The van der Waals surface area contributed by atoms with Crippen molar-refractivity contribution in [2.24, 2.45) is 7.05 Å². The van der Waals surface area contributed by atoms with Crippen LogP contribution in [0.1, 0.15) is 24.4 Å². The fourth-order valence-corrected chi connectivity index (χ4v) is 4.36. The number of aryl methyl sites for hydroxylation is 1. The lowest BCUT2D eigenvalue weighted by atomic mass is 10.1. The Labute approximate surface area is 194 Å². The third-order valence-electron chi connectivity index (χ3n) is 5.15. The van der Waals surface area contributed by atoms with Crippen LogP contribution in [0.5, 0.6) is 5.75 Å². The lowest BCUT2D eigenvalue weighted by Crippen LogP contribution is -2.41. The fraction of sp³-hybridized carbons (Fsp3) is 0.273. The zero-order chi connectivity index (χ0) is 22.8. The monoisotopic (exact) mass is 471 g/mol. The van der Waals surface area contributed by atoms with Crippen molar-refractivity contribution in [1.82, 2.24) is 14.8 Å². The molecule has 1 atom stereocenters. The molecule has 32 heavy (non-hydrogen) atoms. The van der Waals surface area contributed by atoms with Crippen LogP contribution in [-0.4, -0.2) is 38.9 Å². The first kappa shape index (κ1) is 22.2. The summed E-state index contributed by atoms with van der Waals surface area (Å²) in [5, 5.41) is 12.6. The fourth-order valence-electron chi connectivity index (χ4n) is 3.53. The summed E-state index contributed by atoms with van der Waals surface area (Å²) in [6.45, 7) is 3.76. The SMILES string of the molecule is Cc1cc(NC(=O)CSc2nnc([C@@H](C)N3C(=O)COc4ccccc43)n2C)ccc1Cl. The van der Waals surface area contributed by atoms with Gasteiger partial charge in [-0.25, -0.2) is 0 Å². The molecule has 0 spiro atoms. The van der Waals surface area contributed by atoms with E-state index in [0.717, 1.165) is 5.56 Å². The molecule has 0 bridgehead atoms. The van der Waals surface area contributed by atoms with E-state index in [4.69, 9.17) is 16.3 Å². The number of fused-ring (bicyclic) bond motifs is 1. The molecule has 1 N–H and O–H groups in total. The second-order valence-corrected chi connectivity index (χ2v) is 8.75. The number of carbonyl (C=O) groups excluding carboxylic acids is 2. The number of aromatic nitrogens is 3. The molecule has 10 heteroatoms. The Bertz CT molecular complexity index is 1180. The van der Waals surface area contributed by atoms with Gasteiger partial charge in [0.1, 0.15) is 5.75 Å². The quantitative estimate of drug-likeness (QED) is 0.547. The van der Waals surface area contributed by atoms with Gasteiger partial charge in [-0.05, 0) is 49.7 Å². The highest BCUT2D eigenvalue weighted by atomic mass is 35.5. The predicted octanol–water partition coefficient (Wildman–Crippen LogP) is 3.99. The minimum Gasteiger partial charge on any atom is -0.482 e. The third kappa shape index (κ3) is 4.44. The molecule has 1 aliphatic rings. The third-order valence-corrected chi connectivity index (χ3v) is 6.59. The Kier molecular flexibility index (Phi) is 6.38. The average molecular weight is 472 g/mol. The van der Waals surface area contributed by atoms with Gasteiger partial charge >= 0.3 is 0 Å². The molecular formula is C22H22ClN5O3S. The Balaban J connectivity index is 1.45. The number of amides is 2. The molecule has 0 saturated heterocycles. The Morgan fingerprint density at radius 2 is 2.06 bits per heavy atom. The standard InChI is InChI=1S/C22H22ClN5O3S/c1-13-10-15(8-9-16(13)23)24-19(29)12-32-22-26-25-21(27(22)3)14(2)28-17-6-4-5-7-18(17)31-11-20(28)30/h4-10,14H,11-12H2,1-3H3,(H,24,29)/t14-/m1/s1. The van der Waals surface area contributed by atoms with Crippen molar-refractivity contribution in [3.63, 3.8) is 0 Å². The largest absolute Gasteiger partial charge is 0.482 e. The number of halogens is 1. The van der Waals surface area contributed by atoms with Gasteiger partial charge in [-0.2, -0.15) is 0 Å². The molecule has 0 unspecified atom stereocenters. The number of nitrogens with one attached hydrogen (secondary N) is 1. The van der Waals surface area contributed by atoms with Gasteiger partial charge < -0.3 is 14.6 Å². The van der Waals surface area contributed by atoms with Gasteiger partial charge in [-0.1, -0.05) is 35.5 Å². The van der Waals surface area contributed by atoms with Crippen LogP contribution in [0.4, 0.5) is 11.4 Å². The summed E-state index contributed by atoms with van der Waals surface area (Å²) in [5.41, 5.74) is 2.28. The molecule has 4 rings (SSSR count). The number of para-hydroxylation sites is 2. The van der Waals surface area contributed by atoms with Crippen LogP contribution in [0, 0.1) is 6.92 Å². The smallest absolute Gasteiger partial charge is 0.265 e. The van der Waals surface area contributed by atoms with Crippen molar-refractivity contribution in [2.45, 2.75) is 25.0 Å². The van der Waals surface area contributed by atoms with Crippen LogP contribution < -0.4 is 15.0 Å². The lowest BCUT2D eigenvalue weighted by Gasteiger charge is -2.33. The molecule has 0 fully saturated rings. The molecule has 1 aromatic heterocycles. The van der Waals surface area contributed by atoms with Crippen LogP contribution in [-0.2, 0) is 16.6 Å². The summed E-state index contributed by atoms with van der Waals surface area (Å²) in [4.78, 5) is 26.6. The molecule has 166 valence electrons. The van der Waals surface area contributed by atoms with Crippen LogP contribution in [0.25, 0.3) is 0 Å². The first-order valence-electron chi connectivity index (χ1n) is 9.97. The highest BCUT2D eigenvalue weighted by Gasteiger charge is 2.32. The van der Waals surface area contributed by atoms with E-state index < -0.39 is 0 Å². The predicted molar refractivity (Wildman–Crippen MR) is 124 cm³/mol. The van der Waals surface area contributed by atoms with Gasteiger partial charge in [0.2, 0.25) is 5.91 Å². The minimum absolute atomic E-state index is 0.0227. The molecule has 8 nitrogen and oxygen atoms in total. The van der Waals surface area contributed by atoms with E-state index in [9.17, 15) is 9.59 Å². The molecule has 0 radical (unpaired) electrons. The second kappa shape index (κ2) is 9.22. The van der Waals surface area contributed by atoms with E-state index in [2.05, 4.69) is 15.5 Å². The number of hydrogen-bond acceptors (Lipinski definition) is 6. The van der Waals surface area contributed by atoms with Crippen LogP contribution in [0.15, 0.2) is 47.6 Å². The summed E-state index contributed by atoms with van der Waals surface area (Å²) in [7, 11) is 1.82. The number of rotatable bonds is 6. The van der Waals surface area contributed by atoms with Gasteiger partial charge in [0.15, 0.2) is 17.6 Å². The molecule has 1 aliphatic heterocycles. The van der Waals surface area contributed by atoms with E-state index in [1.165, 1.54) is 11.8 Å². The molecule has 2 heterocycles. The molecule has 0 aliphatic carbocycles. The molecule has 2 amide bonds. The zero-order valence-corrected chi connectivity index (χ0v) is 19.4.